The molecule has 7 nitrogen and oxygen atoms in total. The molecule has 0 saturated carbocycles. The molecule has 0 atom stereocenters. The molecule has 0 fully saturated rings. The van der Waals surface area contributed by atoms with E-state index in [4.69, 9.17) is 4.74 Å². The van der Waals surface area contributed by atoms with E-state index in [1.165, 1.54) is 0 Å². The van der Waals surface area contributed by atoms with Gasteiger partial charge in [-0.25, -0.2) is 0 Å². The highest BCUT2D eigenvalue weighted by Gasteiger charge is 2.12. The fourth-order valence-electron chi connectivity index (χ4n) is 2.18. The quantitative estimate of drug-likeness (QED) is 0.810. The Kier molecular flexibility index (Phi) is 4.73. The monoisotopic (exact) mass is 279 g/mol. The lowest BCUT2D eigenvalue weighted by atomic mass is 10.4. The summed E-state index contributed by atoms with van der Waals surface area (Å²) in [6.07, 6.45) is 1.82. The molecule has 1 amide bonds. The predicted octanol–water partition coefficient (Wildman–Crippen LogP) is 0.714. The molecule has 0 radical (unpaired) electrons. The number of aryl methyl sites for hydroxylation is 2. The molecule has 7 heteroatoms. The van der Waals surface area contributed by atoms with Crippen molar-refractivity contribution in [2.75, 3.05) is 19.8 Å². The van der Waals surface area contributed by atoms with E-state index in [2.05, 4.69) is 22.4 Å². The first kappa shape index (κ1) is 14.5. The molecule has 110 valence electrons. The van der Waals surface area contributed by atoms with E-state index in [1.54, 1.807) is 0 Å². The molecule has 0 aliphatic rings. The highest BCUT2D eigenvalue weighted by molar-refractivity contribution is 5.78. The van der Waals surface area contributed by atoms with Gasteiger partial charge in [0.25, 0.3) is 0 Å². The van der Waals surface area contributed by atoms with E-state index in [-0.39, 0.29) is 12.5 Å². The van der Waals surface area contributed by atoms with Crippen LogP contribution in [0.25, 0.3) is 11.0 Å². The van der Waals surface area contributed by atoms with Crippen molar-refractivity contribution in [3.63, 3.8) is 0 Å². The number of amides is 1. The summed E-state index contributed by atoms with van der Waals surface area (Å²) in [5, 5.41) is 11.6. The molecule has 2 heterocycles. The van der Waals surface area contributed by atoms with Crippen LogP contribution in [-0.2, 0) is 22.6 Å². The third-order valence-corrected chi connectivity index (χ3v) is 3.09. The highest BCUT2D eigenvalue weighted by atomic mass is 16.5. The Labute approximate surface area is 117 Å². The maximum atomic E-state index is 11.4. The third kappa shape index (κ3) is 2.98. The first-order valence-corrected chi connectivity index (χ1v) is 6.90. The van der Waals surface area contributed by atoms with Crippen molar-refractivity contribution in [2.45, 2.75) is 33.9 Å². The van der Waals surface area contributed by atoms with Crippen molar-refractivity contribution in [1.29, 1.82) is 0 Å². The number of nitrogens with zero attached hydrogens (tertiary/aromatic N) is 4. The van der Waals surface area contributed by atoms with Crippen molar-refractivity contribution < 1.29 is 9.53 Å². The SMILES string of the molecule is CCOCC(=O)NCCn1ncc2c1c(C)nn2CC. The van der Waals surface area contributed by atoms with Gasteiger partial charge in [-0.15, -0.1) is 0 Å². The van der Waals surface area contributed by atoms with Gasteiger partial charge in [-0.1, -0.05) is 0 Å². The molecular formula is C13H21N5O2. The van der Waals surface area contributed by atoms with Crippen LogP contribution in [0.3, 0.4) is 0 Å². The van der Waals surface area contributed by atoms with Crippen LogP contribution in [0.1, 0.15) is 19.5 Å². The van der Waals surface area contributed by atoms with E-state index >= 15 is 0 Å². The zero-order valence-corrected chi connectivity index (χ0v) is 12.2. The van der Waals surface area contributed by atoms with Gasteiger partial charge in [0.15, 0.2) is 0 Å². The second kappa shape index (κ2) is 6.51. The molecule has 0 aromatic carbocycles. The lowest BCUT2D eigenvalue weighted by Gasteiger charge is -2.06. The fraction of sp³-hybridized carbons (Fsp3) is 0.615. The molecule has 20 heavy (non-hydrogen) atoms. The summed E-state index contributed by atoms with van der Waals surface area (Å²) in [5.74, 6) is -0.101. The number of carbonyl (C=O) groups excluding carboxylic acids is 1. The number of rotatable bonds is 7. The van der Waals surface area contributed by atoms with Gasteiger partial charge in [0, 0.05) is 19.7 Å². The number of carbonyl (C=O) groups is 1. The molecule has 0 bridgehead atoms. The van der Waals surface area contributed by atoms with Crippen LogP contribution in [0.5, 0.6) is 0 Å². The van der Waals surface area contributed by atoms with Gasteiger partial charge in [0.2, 0.25) is 5.91 Å². The number of ether oxygens (including phenoxy) is 1. The summed E-state index contributed by atoms with van der Waals surface area (Å²) < 4.78 is 8.85. The molecule has 0 unspecified atom stereocenters. The first-order chi connectivity index (χ1) is 9.67. The topological polar surface area (TPSA) is 74.0 Å². The molecule has 0 spiro atoms. The molecule has 0 aliphatic heterocycles. The Morgan fingerprint density at radius 2 is 2.20 bits per heavy atom. The van der Waals surface area contributed by atoms with Crippen LogP contribution in [0, 0.1) is 6.92 Å². The molecule has 2 aromatic rings. The third-order valence-electron chi connectivity index (χ3n) is 3.09. The maximum absolute atomic E-state index is 11.4. The second-order valence-electron chi connectivity index (χ2n) is 4.49. The second-order valence-corrected chi connectivity index (χ2v) is 4.49. The van der Waals surface area contributed by atoms with Crippen molar-refractivity contribution in [1.82, 2.24) is 24.9 Å². The van der Waals surface area contributed by atoms with Gasteiger partial charge in [-0.05, 0) is 20.8 Å². The summed E-state index contributed by atoms with van der Waals surface area (Å²) >= 11 is 0. The molecule has 0 aliphatic carbocycles. The summed E-state index contributed by atoms with van der Waals surface area (Å²) in [6.45, 7) is 8.51. The maximum Gasteiger partial charge on any atom is 0.246 e. The van der Waals surface area contributed by atoms with Gasteiger partial charge < -0.3 is 10.1 Å². The number of fused-ring (bicyclic) bond motifs is 1. The molecule has 1 N–H and O–H groups in total. The van der Waals surface area contributed by atoms with Gasteiger partial charge in [0.1, 0.15) is 17.6 Å². The fourth-order valence-corrected chi connectivity index (χ4v) is 2.18. The van der Waals surface area contributed by atoms with Crippen molar-refractivity contribution in [2.24, 2.45) is 0 Å². The van der Waals surface area contributed by atoms with Crippen LogP contribution in [0.4, 0.5) is 0 Å². The van der Waals surface area contributed by atoms with Crippen LogP contribution in [-0.4, -0.2) is 45.2 Å². The zero-order valence-electron chi connectivity index (χ0n) is 12.2. The van der Waals surface area contributed by atoms with E-state index in [0.29, 0.717) is 19.7 Å². The van der Waals surface area contributed by atoms with E-state index in [0.717, 1.165) is 23.3 Å². The average molecular weight is 279 g/mol. The summed E-state index contributed by atoms with van der Waals surface area (Å²) in [4.78, 5) is 11.4. The number of hydrogen-bond donors (Lipinski definition) is 1. The summed E-state index contributed by atoms with van der Waals surface area (Å²) in [7, 11) is 0. The normalized spacial score (nSPS) is 11.2. The van der Waals surface area contributed by atoms with Gasteiger partial charge >= 0.3 is 0 Å². The van der Waals surface area contributed by atoms with Crippen molar-refractivity contribution >= 4 is 16.9 Å². The van der Waals surface area contributed by atoms with E-state index in [9.17, 15) is 4.79 Å². The smallest absolute Gasteiger partial charge is 0.246 e. The Morgan fingerprint density at radius 1 is 1.40 bits per heavy atom. The molecule has 2 aromatic heterocycles. The highest BCUT2D eigenvalue weighted by Crippen LogP contribution is 2.17. The van der Waals surface area contributed by atoms with Gasteiger partial charge in [-0.2, -0.15) is 10.2 Å². The van der Waals surface area contributed by atoms with Crippen LogP contribution >= 0.6 is 0 Å². The number of nitrogens with one attached hydrogen (secondary N) is 1. The Bertz CT molecular complexity index is 587. The average Bonchev–Trinajstić information content (AvgIpc) is 2.98. The molecule has 0 saturated heterocycles. The van der Waals surface area contributed by atoms with Gasteiger partial charge in [0.05, 0.1) is 18.4 Å². The Morgan fingerprint density at radius 3 is 2.90 bits per heavy atom. The molecular weight excluding hydrogens is 258 g/mol. The number of hydrogen-bond acceptors (Lipinski definition) is 4. The molecule has 2 rings (SSSR count). The minimum absolute atomic E-state index is 0.101. The standard InChI is InChI=1S/C13H21N5O2/c1-4-17-11-8-15-18(13(11)10(3)16-17)7-6-14-12(19)9-20-5-2/h8H,4-7,9H2,1-3H3,(H,14,19). The summed E-state index contributed by atoms with van der Waals surface area (Å²) in [6, 6.07) is 0. The largest absolute Gasteiger partial charge is 0.372 e. The predicted molar refractivity (Wildman–Crippen MR) is 75.4 cm³/mol. The number of aromatic nitrogens is 4. The minimum Gasteiger partial charge on any atom is -0.372 e. The van der Waals surface area contributed by atoms with Crippen LogP contribution < -0.4 is 5.32 Å². The van der Waals surface area contributed by atoms with Crippen LogP contribution in [0.15, 0.2) is 6.20 Å². The zero-order chi connectivity index (χ0) is 14.5. The first-order valence-electron chi connectivity index (χ1n) is 6.90. The van der Waals surface area contributed by atoms with Crippen molar-refractivity contribution in [3.05, 3.63) is 11.9 Å². The van der Waals surface area contributed by atoms with Crippen molar-refractivity contribution in [3.8, 4) is 0 Å². The lowest BCUT2D eigenvalue weighted by molar-refractivity contribution is -0.125. The lowest BCUT2D eigenvalue weighted by Crippen LogP contribution is -2.30. The Balaban J connectivity index is 1.97. The van der Waals surface area contributed by atoms with Gasteiger partial charge in [-0.3, -0.25) is 14.2 Å². The van der Waals surface area contributed by atoms with E-state index < -0.39 is 0 Å². The van der Waals surface area contributed by atoms with Crippen LogP contribution in [0.2, 0.25) is 0 Å². The summed E-state index contributed by atoms with van der Waals surface area (Å²) in [5.41, 5.74) is 3.02. The van der Waals surface area contributed by atoms with E-state index in [1.807, 2.05) is 29.4 Å². The minimum atomic E-state index is -0.101. The Hall–Kier alpha value is -1.89.